The Morgan fingerprint density at radius 3 is 1.88 bits per heavy atom. The van der Waals surface area contributed by atoms with Crippen molar-refractivity contribution in [3.05, 3.63) is 71.8 Å². The smallest absolute Gasteiger partial charge is 0.408 e. The molecular formula is C39H51N7O14. The van der Waals surface area contributed by atoms with Gasteiger partial charge < -0.3 is 51.4 Å². The number of aliphatic hydroxyl groups is 1. The first kappa shape index (κ1) is 47.8. The van der Waals surface area contributed by atoms with Crippen LogP contribution < -0.4 is 32.0 Å². The fraction of sp³-hybridized carbons (Fsp3) is 0.462. The summed E-state index contributed by atoms with van der Waals surface area (Å²) in [6.07, 6.45) is -6.78. The van der Waals surface area contributed by atoms with Crippen molar-refractivity contribution in [2.45, 2.75) is 103 Å². The summed E-state index contributed by atoms with van der Waals surface area (Å²) in [6.45, 7) is 4.90. The number of rotatable bonds is 22. The lowest BCUT2D eigenvalue weighted by atomic mass is 10.0. The fourth-order valence-electron chi connectivity index (χ4n) is 5.54. The molecule has 1 aliphatic heterocycles. The van der Waals surface area contributed by atoms with Gasteiger partial charge in [0.1, 0.15) is 37.3 Å². The Kier molecular flexibility index (Phi) is 18.4. The summed E-state index contributed by atoms with van der Waals surface area (Å²) in [5, 5.41) is 41.6. The summed E-state index contributed by atoms with van der Waals surface area (Å²) >= 11 is 0. The predicted octanol–water partition coefficient (Wildman–Crippen LogP) is -0.924. The Morgan fingerprint density at radius 1 is 0.717 bits per heavy atom. The molecule has 3 rings (SSSR count). The number of hydrogen-bond acceptors (Lipinski definition) is 12. The average molecular weight is 842 g/mol. The lowest BCUT2D eigenvalue weighted by Gasteiger charge is -2.28. The monoisotopic (exact) mass is 841 g/mol. The Balaban J connectivity index is 1.66. The number of carbonyl (C=O) groups is 9. The molecule has 0 spiro atoms. The lowest BCUT2D eigenvalue weighted by molar-refractivity contribution is -0.152. The third-order valence-corrected chi connectivity index (χ3v) is 8.73. The van der Waals surface area contributed by atoms with E-state index in [-0.39, 0.29) is 25.5 Å². The molecule has 0 bridgehead atoms. The minimum atomic E-state index is -1.92. The molecule has 1 fully saturated rings. The van der Waals surface area contributed by atoms with Crippen LogP contribution in [0.1, 0.15) is 58.1 Å². The third kappa shape index (κ3) is 16.0. The van der Waals surface area contributed by atoms with Crippen LogP contribution in [0.2, 0.25) is 0 Å². The summed E-state index contributed by atoms with van der Waals surface area (Å²) in [7, 11) is 0. The first-order valence-electron chi connectivity index (χ1n) is 18.9. The molecule has 1 unspecified atom stereocenters. The van der Waals surface area contributed by atoms with Crippen LogP contribution in [0.25, 0.3) is 0 Å². The molecule has 0 saturated carbocycles. The summed E-state index contributed by atoms with van der Waals surface area (Å²) in [5.74, 6) is -9.10. The lowest BCUT2D eigenvalue weighted by Crippen LogP contribution is -2.62. The second-order valence-corrected chi connectivity index (χ2v) is 14.3. The molecule has 1 saturated heterocycles. The van der Waals surface area contributed by atoms with Gasteiger partial charge in [-0.3, -0.25) is 43.8 Å². The highest BCUT2D eigenvalue weighted by atomic mass is 16.6. The number of nitrogens with one attached hydrogen (secondary N) is 6. The predicted molar refractivity (Wildman–Crippen MR) is 207 cm³/mol. The molecule has 60 heavy (non-hydrogen) atoms. The van der Waals surface area contributed by atoms with Gasteiger partial charge in [-0.1, -0.05) is 74.5 Å². The van der Waals surface area contributed by atoms with E-state index in [9.17, 15) is 58.5 Å². The number of ether oxygens (including phenoxy) is 2. The van der Waals surface area contributed by atoms with E-state index in [0.717, 1.165) is 12.5 Å². The first-order valence-corrected chi connectivity index (χ1v) is 18.9. The molecule has 0 aromatic heterocycles. The number of aliphatic hydroxyl groups excluding tert-OH is 1. The van der Waals surface area contributed by atoms with Crippen LogP contribution >= 0.6 is 0 Å². The van der Waals surface area contributed by atoms with E-state index in [1.54, 1.807) is 74.5 Å². The number of hydrazine groups is 1. The summed E-state index contributed by atoms with van der Waals surface area (Å²) < 4.78 is 10.4. The maximum Gasteiger partial charge on any atom is 0.408 e. The number of epoxide rings is 1. The van der Waals surface area contributed by atoms with Crippen LogP contribution in [0.3, 0.4) is 0 Å². The van der Waals surface area contributed by atoms with Gasteiger partial charge >= 0.3 is 18.0 Å². The van der Waals surface area contributed by atoms with Gasteiger partial charge in [0.15, 0.2) is 12.2 Å². The van der Waals surface area contributed by atoms with Crippen LogP contribution in [0.5, 0.6) is 0 Å². The van der Waals surface area contributed by atoms with Gasteiger partial charge in [-0.25, -0.2) is 9.80 Å². The van der Waals surface area contributed by atoms with Crippen molar-refractivity contribution in [3.63, 3.8) is 0 Å². The van der Waals surface area contributed by atoms with Gasteiger partial charge in [-0.2, -0.15) is 0 Å². The number of benzene rings is 2. The van der Waals surface area contributed by atoms with Crippen LogP contribution in [0.4, 0.5) is 4.79 Å². The van der Waals surface area contributed by atoms with Gasteiger partial charge in [0.2, 0.25) is 17.7 Å². The van der Waals surface area contributed by atoms with Crippen LogP contribution in [-0.2, 0) is 61.0 Å². The zero-order valence-corrected chi connectivity index (χ0v) is 33.4. The molecule has 2 aromatic rings. The van der Waals surface area contributed by atoms with Gasteiger partial charge in [0.25, 0.3) is 17.7 Å². The topological polar surface area (TPSA) is 311 Å². The van der Waals surface area contributed by atoms with E-state index >= 15 is 0 Å². The Morgan fingerprint density at radius 2 is 1.32 bits per heavy atom. The van der Waals surface area contributed by atoms with E-state index < -0.39 is 115 Å². The molecule has 21 nitrogen and oxygen atoms in total. The van der Waals surface area contributed by atoms with Crippen molar-refractivity contribution in [1.29, 1.82) is 0 Å². The highest BCUT2D eigenvalue weighted by Crippen LogP contribution is 2.24. The van der Waals surface area contributed by atoms with E-state index in [4.69, 9.17) is 9.47 Å². The SMILES string of the molecule is CC(C)C[C@H](NC(=O)OCc1ccccc1)C(=O)N[C@@H](CCC(=O)O)C(=O)N[C@H](C(=O)NN(CC(=O)O)C(=O)[C@H]1O[C@@H]1C(=O)NC(C)C(=O)NCc1ccccc1)[C@@H](C)O. The number of carbonyl (C=O) groups excluding carboxylic acids is 7. The highest BCUT2D eigenvalue weighted by molar-refractivity contribution is 5.99. The molecule has 326 valence electrons. The number of carboxylic acid groups (broad SMARTS) is 2. The zero-order valence-electron chi connectivity index (χ0n) is 33.4. The maximum atomic E-state index is 13.5. The Bertz CT molecular complexity index is 1850. The Hall–Kier alpha value is -6.61. The molecule has 7 atom stereocenters. The second kappa shape index (κ2) is 23.1. The van der Waals surface area contributed by atoms with E-state index in [1.807, 2.05) is 5.43 Å². The minimum absolute atomic E-state index is 0.0715. The van der Waals surface area contributed by atoms with E-state index in [1.165, 1.54) is 6.92 Å². The van der Waals surface area contributed by atoms with Gasteiger partial charge in [-0.15, -0.1) is 0 Å². The highest BCUT2D eigenvalue weighted by Gasteiger charge is 2.53. The second-order valence-electron chi connectivity index (χ2n) is 14.3. The van der Waals surface area contributed by atoms with Crippen LogP contribution in [0, 0.1) is 5.92 Å². The van der Waals surface area contributed by atoms with Crippen molar-refractivity contribution in [3.8, 4) is 0 Å². The number of alkyl carbamates (subject to hydrolysis) is 1. The minimum Gasteiger partial charge on any atom is -0.481 e. The molecule has 9 N–H and O–H groups in total. The third-order valence-electron chi connectivity index (χ3n) is 8.73. The van der Waals surface area contributed by atoms with Gasteiger partial charge in [0, 0.05) is 13.0 Å². The molecular weight excluding hydrogens is 790 g/mol. The summed E-state index contributed by atoms with van der Waals surface area (Å²) in [6, 6.07) is 11.8. The molecule has 0 aliphatic carbocycles. The molecule has 1 heterocycles. The zero-order chi connectivity index (χ0) is 44.5. The molecule has 7 amide bonds. The van der Waals surface area contributed by atoms with Crippen LogP contribution in [0.15, 0.2) is 60.7 Å². The largest absolute Gasteiger partial charge is 0.481 e. The van der Waals surface area contributed by atoms with E-state index in [2.05, 4.69) is 26.6 Å². The van der Waals surface area contributed by atoms with Gasteiger partial charge in [0.05, 0.1) is 6.10 Å². The summed E-state index contributed by atoms with van der Waals surface area (Å²) in [4.78, 5) is 115. The molecule has 2 aromatic carbocycles. The number of hydrogen-bond donors (Lipinski definition) is 9. The first-order chi connectivity index (χ1) is 28.4. The number of aliphatic carboxylic acids is 2. The van der Waals surface area contributed by atoms with Crippen molar-refractivity contribution in [1.82, 2.24) is 37.0 Å². The number of nitrogens with zero attached hydrogens (tertiary/aromatic N) is 1. The number of amides is 7. The van der Waals surface area contributed by atoms with Crippen molar-refractivity contribution in [2.24, 2.45) is 5.92 Å². The average Bonchev–Trinajstić information content (AvgIpc) is 4.00. The molecule has 1 aliphatic rings. The normalized spacial score (nSPS) is 16.6. The standard InChI is InChI=1S/C39H51N7O14/c1-21(2)17-27(43-39(58)59-20-25-13-9-6-10-14-25)35(54)42-26(15-16-28(48)49)34(53)44-30(23(4)47)36(55)45-46(19-29(50)51)38(57)32-31(60-32)37(56)41-22(3)33(52)40-18-24-11-7-5-8-12-24/h5-14,21-23,26-27,30-32,47H,15-20H2,1-4H3,(H,40,52)(H,41,56)(H,42,54)(H,43,58)(H,44,53)(H,45,55)(H,48,49)(H,50,51)/t22?,23-,26+,27+,30+,31+,32+/m1/s1. The van der Waals surface area contributed by atoms with Gasteiger partial charge in [-0.05, 0) is 43.7 Å². The van der Waals surface area contributed by atoms with Crippen molar-refractivity contribution >= 4 is 53.5 Å². The fourth-order valence-corrected chi connectivity index (χ4v) is 5.54. The molecule has 0 radical (unpaired) electrons. The molecule has 21 heteroatoms. The number of carboxylic acids is 2. The Labute approximate surface area is 344 Å². The quantitative estimate of drug-likeness (QED) is 0.0512. The van der Waals surface area contributed by atoms with Crippen LogP contribution in [-0.4, -0.2) is 123 Å². The van der Waals surface area contributed by atoms with Crippen molar-refractivity contribution in [2.75, 3.05) is 6.54 Å². The van der Waals surface area contributed by atoms with E-state index in [0.29, 0.717) is 10.6 Å². The maximum absolute atomic E-state index is 13.5. The summed E-state index contributed by atoms with van der Waals surface area (Å²) in [5.41, 5.74) is 3.48. The van der Waals surface area contributed by atoms with Crippen molar-refractivity contribution < 1.29 is 67.9 Å².